The molecule has 2 rings (SSSR count). The fraction of sp³-hybridized carbons (Fsp3) is 0.467. The van der Waals surface area contributed by atoms with Crippen molar-refractivity contribution in [3.63, 3.8) is 0 Å². The Labute approximate surface area is 118 Å². The third kappa shape index (κ3) is 2.67. The van der Waals surface area contributed by atoms with Crippen LogP contribution < -0.4 is 5.73 Å². The van der Waals surface area contributed by atoms with Gasteiger partial charge >= 0.3 is 0 Å². The molecule has 2 aromatic rings. The Morgan fingerprint density at radius 3 is 2.25 bits per heavy atom. The highest BCUT2D eigenvalue weighted by Gasteiger charge is 2.27. The SMILES string of the molecule is Cc1cc(-c2noc([C@H](N)C(C)(C)C)n2)cc(C)c1O. The van der Waals surface area contributed by atoms with Crippen LogP contribution in [0, 0.1) is 19.3 Å². The molecule has 1 heterocycles. The van der Waals surface area contributed by atoms with Gasteiger partial charge in [-0.3, -0.25) is 0 Å². The second-order valence-electron chi connectivity index (χ2n) is 6.26. The number of hydrogen-bond donors (Lipinski definition) is 2. The van der Waals surface area contributed by atoms with Crippen molar-refractivity contribution in [3.05, 3.63) is 29.2 Å². The normalized spacial score (nSPS) is 13.5. The zero-order valence-corrected chi connectivity index (χ0v) is 12.6. The van der Waals surface area contributed by atoms with Crippen molar-refractivity contribution in [2.75, 3.05) is 0 Å². The number of phenolic OH excluding ortho intramolecular Hbond substituents is 1. The van der Waals surface area contributed by atoms with Crippen LogP contribution in [0.1, 0.15) is 43.8 Å². The van der Waals surface area contributed by atoms with Crippen molar-refractivity contribution in [2.45, 2.75) is 40.7 Å². The molecule has 20 heavy (non-hydrogen) atoms. The van der Waals surface area contributed by atoms with Crippen molar-refractivity contribution in [2.24, 2.45) is 11.1 Å². The summed E-state index contributed by atoms with van der Waals surface area (Å²) in [6.45, 7) is 9.75. The van der Waals surface area contributed by atoms with Crippen molar-refractivity contribution >= 4 is 0 Å². The Kier molecular flexibility index (Phi) is 3.56. The van der Waals surface area contributed by atoms with E-state index in [9.17, 15) is 5.11 Å². The summed E-state index contributed by atoms with van der Waals surface area (Å²) < 4.78 is 5.27. The molecule has 5 nitrogen and oxygen atoms in total. The number of nitrogens with zero attached hydrogens (tertiary/aromatic N) is 2. The van der Waals surface area contributed by atoms with Crippen molar-refractivity contribution in [1.29, 1.82) is 0 Å². The number of aromatic nitrogens is 2. The summed E-state index contributed by atoms with van der Waals surface area (Å²) in [6.07, 6.45) is 0. The van der Waals surface area contributed by atoms with E-state index < -0.39 is 0 Å². The molecule has 1 aromatic carbocycles. The maximum atomic E-state index is 9.79. The smallest absolute Gasteiger partial charge is 0.244 e. The van der Waals surface area contributed by atoms with Crippen LogP contribution in [0.2, 0.25) is 0 Å². The van der Waals surface area contributed by atoms with Gasteiger partial charge in [-0.25, -0.2) is 0 Å². The second kappa shape index (κ2) is 4.90. The second-order valence-corrected chi connectivity index (χ2v) is 6.26. The number of hydrogen-bond acceptors (Lipinski definition) is 5. The van der Waals surface area contributed by atoms with Crippen molar-refractivity contribution in [1.82, 2.24) is 10.1 Å². The van der Waals surface area contributed by atoms with E-state index in [1.54, 1.807) is 0 Å². The van der Waals surface area contributed by atoms with E-state index in [2.05, 4.69) is 10.1 Å². The number of aryl methyl sites for hydroxylation is 2. The first kappa shape index (κ1) is 14.5. The minimum atomic E-state index is -0.317. The lowest BCUT2D eigenvalue weighted by atomic mass is 9.87. The summed E-state index contributed by atoms with van der Waals surface area (Å²) in [5, 5.41) is 13.8. The summed E-state index contributed by atoms with van der Waals surface area (Å²) >= 11 is 0. The zero-order valence-electron chi connectivity index (χ0n) is 12.6. The Morgan fingerprint density at radius 2 is 1.75 bits per heavy atom. The van der Waals surface area contributed by atoms with Gasteiger partial charge in [0.15, 0.2) is 0 Å². The number of rotatable bonds is 2. The Balaban J connectivity index is 2.39. The molecule has 5 heteroatoms. The first-order chi connectivity index (χ1) is 9.20. The van der Waals surface area contributed by atoms with E-state index in [0.29, 0.717) is 17.5 Å². The summed E-state index contributed by atoms with van der Waals surface area (Å²) in [5.41, 5.74) is 8.34. The van der Waals surface area contributed by atoms with Crippen LogP contribution in [-0.4, -0.2) is 15.2 Å². The lowest BCUT2D eigenvalue weighted by Gasteiger charge is -2.23. The molecule has 1 atom stereocenters. The minimum absolute atomic E-state index is 0.148. The van der Waals surface area contributed by atoms with Gasteiger partial charge in [0.05, 0.1) is 6.04 Å². The fourth-order valence-corrected chi connectivity index (χ4v) is 1.93. The predicted octanol–water partition coefficient (Wildman–Crippen LogP) is 3.10. The van der Waals surface area contributed by atoms with Gasteiger partial charge in [-0.15, -0.1) is 0 Å². The van der Waals surface area contributed by atoms with E-state index in [1.807, 2.05) is 46.8 Å². The van der Waals surface area contributed by atoms with Crippen molar-refractivity contribution < 1.29 is 9.63 Å². The molecular formula is C15H21N3O2. The molecule has 0 radical (unpaired) electrons. The summed E-state index contributed by atoms with van der Waals surface area (Å²) in [7, 11) is 0. The van der Waals surface area contributed by atoms with Gasteiger partial charge < -0.3 is 15.4 Å². The lowest BCUT2D eigenvalue weighted by molar-refractivity contribution is 0.253. The van der Waals surface area contributed by atoms with E-state index in [1.165, 1.54) is 0 Å². The maximum Gasteiger partial charge on any atom is 0.244 e. The van der Waals surface area contributed by atoms with E-state index in [0.717, 1.165) is 16.7 Å². The van der Waals surface area contributed by atoms with Crippen LogP contribution in [0.4, 0.5) is 0 Å². The standard InChI is InChI=1S/C15H21N3O2/c1-8-6-10(7-9(2)11(8)19)13-17-14(20-18-13)12(16)15(3,4)5/h6-7,12,19H,16H2,1-5H3/t12-/m0/s1. The van der Waals surface area contributed by atoms with Crippen LogP contribution in [0.3, 0.4) is 0 Å². The van der Waals surface area contributed by atoms with Crippen LogP contribution >= 0.6 is 0 Å². The third-order valence-corrected chi connectivity index (χ3v) is 3.39. The molecular weight excluding hydrogens is 254 g/mol. The highest BCUT2D eigenvalue weighted by molar-refractivity contribution is 5.60. The third-order valence-electron chi connectivity index (χ3n) is 3.39. The Bertz CT molecular complexity index is 603. The van der Waals surface area contributed by atoms with Gasteiger partial charge in [-0.1, -0.05) is 25.9 Å². The van der Waals surface area contributed by atoms with Gasteiger partial charge in [0.25, 0.3) is 0 Å². The van der Waals surface area contributed by atoms with Crippen LogP contribution in [0.15, 0.2) is 16.7 Å². The summed E-state index contributed by atoms with van der Waals surface area (Å²) in [4.78, 5) is 4.37. The molecule has 0 aliphatic rings. The first-order valence-corrected chi connectivity index (χ1v) is 6.60. The number of nitrogens with two attached hydrogens (primary N) is 1. The van der Waals surface area contributed by atoms with E-state index in [4.69, 9.17) is 10.3 Å². The fourth-order valence-electron chi connectivity index (χ4n) is 1.93. The number of phenols is 1. The Hall–Kier alpha value is -1.88. The molecule has 0 spiro atoms. The van der Waals surface area contributed by atoms with Crippen LogP contribution in [0.5, 0.6) is 5.75 Å². The van der Waals surface area contributed by atoms with Gasteiger partial charge in [0.1, 0.15) is 5.75 Å². The predicted molar refractivity (Wildman–Crippen MR) is 77.3 cm³/mol. The molecule has 108 valence electrons. The molecule has 0 unspecified atom stereocenters. The highest BCUT2D eigenvalue weighted by Crippen LogP contribution is 2.32. The molecule has 0 bridgehead atoms. The van der Waals surface area contributed by atoms with Gasteiger partial charge in [0, 0.05) is 5.56 Å². The van der Waals surface area contributed by atoms with E-state index >= 15 is 0 Å². The Morgan fingerprint density at radius 1 is 1.20 bits per heavy atom. The average Bonchev–Trinajstić information content (AvgIpc) is 2.82. The van der Waals surface area contributed by atoms with Crippen LogP contribution in [-0.2, 0) is 0 Å². The summed E-state index contributed by atoms with van der Waals surface area (Å²) in [6, 6.07) is 3.35. The molecule has 1 aromatic heterocycles. The first-order valence-electron chi connectivity index (χ1n) is 6.60. The molecule has 0 aliphatic carbocycles. The monoisotopic (exact) mass is 275 g/mol. The number of aromatic hydroxyl groups is 1. The maximum absolute atomic E-state index is 9.79. The minimum Gasteiger partial charge on any atom is -0.507 e. The van der Waals surface area contributed by atoms with E-state index in [-0.39, 0.29) is 11.5 Å². The molecule has 0 aliphatic heterocycles. The molecule has 0 amide bonds. The molecule has 3 N–H and O–H groups in total. The summed E-state index contributed by atoms with van der Waals surface area (Å²) in [5.74, 6) is 1.21. The van der Waals surface area contributed by atoms with Gasteiger partial charge in [-0.05, 0) is 42.5 Å². The van der Waals surface area contributed by atoms with Crippen molar-refractivity contribution in [3.8, 4) is 17.1 Å². The van der Waals surface area contributed by atoms with Gasteiger partial charge in [-0.2, -0.15) is 4.98 Å². The molecule has 0 fully saturated rings. The molecule has 0 saturated heterocycles. The van der Waals surface area contributed by atoms with Crippen LogP contribution in [0.25, 0.3) is 11.4 Å². The highest BCUT2D eigenvalue weighted by atomic mass is 16.5. The topological polar surface area (TPSA) is 85.2 Å². The zero-order chi connectivity index (χ0) is 15.1. The quantitative estimate of drug-likeness (QED) is 0.879. The van der Waals surface area contributed by atoms with Gasteiger partial charge in [0.2, 0.25) is 11.7 Å². The number of benzene rings is 1. The average molecular weight is 275 g/mol. The largest absolute Gasteiger partial charge is 0.507 e. The molecule has 0 saturated carbocycles. The lowest BCUT2D eigenvalue weighted by Crippen LogP contribution is -2.26.